The second kappa shape index (κ2) is 7.19. The van der Waals surface area contributed by atoms with Crippen molar-refractivity contribution in [1.82, 2.24) is 4.98 Å². The smallest absolute Gasteiger partial charge is 0.269 e. The van der Waals surface area contributed by atoms with Crippen LogP contribution in [0.2, 0.25) is 0 Å². The summed E-state index contributed by atoms with van der Waals surface area (Å²) < 4.78 is 33.3. The van der Waals surface area contributed by atoms with Crippen LogP contribution in [-0.4, -0.2) is 18.3 Å². The maximum Gasteiger partial charge on any atom is 0.269 e. The number of nitrogens with one attached hydrogen (secondary N) is 1. The molecule has 9 heteroatoms. The minimum absolute atomic E-state index is 0.0674. The number of ether oxygens (including phenoxy) is 1. The zero-order valence-electron chi connectivity index (χ0n) is 13.3. The molecule has 3 rings (SSSR count). The van der Waals surface area contributed by atoms with Crippen LogP contribution >= 0.6 is 0 Å². The van der Waals surface area contributed by atoms with E-state index in [4.69, 9.17) is 4.74 Å². The molecule has 1 heterocycles. The first kappa shape index (κ1) is 17.4. The number of benzene rings is 2. The Kier molecular flexibility index (Phi) is 4.81. The summed E-state index contributed by atoms with van der Waals surface area (Å²) in [4.78, 5) is 14.0. The van der Waals surface area contributed by atoms with E-state index in [0.717, 1.165) is 0 Å². The van der Waals surface area contributed by atoms with Gasteiger partial charge in [-0.15, -0.1) is 0 Å². The predicted octanol–water partition coefficient (Wildman–Crippen LogP) is 3.58. The predicted molar refractivity (Wildman–Crippen MR) is 94.7 cm³/mol. The van der Waals surface area contributed by atoms with Crippen LogP contribution in [0.5, 0.6) is 11.5 Å². The summed E-state index contributed by atoms with van der Waals surface area (Å²) in [6, 6.07) is 14.6. The zero-order chi connectivity index (χ0) is 18.6. The third-order valence-corrected chi connectivity index (χ3v) is 4.75. The van der Waals surface area contributed by atoms with Gasteiger partial charge in [0.05, 0.1) is 16.8 Å². The van der Waals surface area contributed by atoms with Crippen LogP contribution in [0.3, 0.4) is 0 Å². The summed E-state index contributed by atoms with van der Waals surface area (Å²) in [6.45, 7) is 0. The highest BCUT2D eigenvalue weighted by Gasteiger charge is 2.20. The van der Waals surface area contributed by atoms with Gasteiger partial charge < -0.3 is 4.74 Å². The van der Waals surface area contributed by atoms with E-state index in [-0.39, 0.29) is 22.1 Å². The molecular weight excluding hydrogens is 358 g/mol. The number of nitro benzene ring substituents is 1. The Morgan fingerprint density at radius 3 is 2.38 bits per heavy atom. The summed E-state index contributed by atoms with van der Waals surface area (Å²) in [5, 5.41) is 10.7. The van der Waals surface area contributed by atoms with Crippen molar-refractivity contribution in [2.45, 2.75) is 4.90 Å². The Hall–Kier alpha value is -3.46. The fourth-order valence-electron chi connectivity index (χ4n) is 2.15. The Balaban J connectivity index is 1.89. The van der Waals surface area contributed by atoms with E-state index in [1.165, 1.54) is 48.8 Å². The second-order valence-corrected chi connectivity index (χ2v) is 6.80. The van der Waals surface area contributed by atoms with Gasteiger partial charge in [-0.05, 0) is 36.4 Å². The van der Waals surface area contributed by atoms with E-state index in [1.807, 2.05) is 0 Å². The van der Waals surface area contributed by atoms with Crippen molar-refractivity contribution < 1.29 is 18.1 Å². The van der Waals surface area contributed by atoms with Crippen molar-refractivity contribution >= 4 is 21.4 Å². The van der Waals surface area contributed by atoms with Crippen LogP contribution in [0.4, 0.5) is 11.4 Å². The average Bonchev–Trinajstić information content (AvgIpc) is 2.63. The molecule has 0 spiro atoms. The Morgan fingerprint density at radius 1 is 1.00 bits per heavy atom. The third-order valence-electron chi connectivity index (χ3n) is 3.33. The van der Waals surface area contributed by atoms with E-state index in [0.29, 0.717) is 5.69 Å². The molecule has 0 bridgehead atoms. The number of non-ortho nitro benzene ring substituents is 1. The van der Waals surface area contributed by atoms with Gasteiger partial charge in [0.15, 0.2) is 0 Å². The summed E-state index contributed by atoms with van der Waals surface area (Å²) in [6.07, 6.45) is 2.92. The average molecular weight is 371 g/mol. The second-order valence-electron chi connectivity index (χ2n) is 5.15. The van der Waals surface area contributed by atoms with Gasteiger partial charge in [-0.1, -0.05) is 12.1 Å². The van der Waals surface area contributed by atoms with Crippen molar-refractivity contribution in [1.29, 1.82) is 0 Å². The van der Waals surface area contributed by atoms with Crippen LogP contribution in [0.15, 0.2) is 78.0 Å². The Labute approximate surface area is 149 Å². The van der Waals surface area contributed by atoms with Gasteiger partial charge in [0.1, 0.15) is 16.4 Å². The third kappa shape index (κ3) is 3.95. The maximum absolute atomic E-state index is 12.6. The number of sulfonamides is 1. The van der Waals surface area contributed by atoms with Crippen molar-refractivity contribution in [3.63, 3.8) is 0 Å². The molecule has 0 aliphatic rings. The lowest BCUT2D eigenvalue weighted by atomic mass is 10.3. The molecule has 1 aromatic heterocycles. The number of hydrogen-bond acceptors (Lipinski definition) is 6. The van der Waals surface area contributed by atoms with Crippen LogP contribution in [0, 0.1) is 10.1 Å². The maximum atomic E-state index is 12.6. The molecule has 0 unspecified atom stereocenters. The minimum atomic E-state index is -3.91. The standard InChI is InChI=1S/C17H13N3O5S/c21-20(22)14-7-9-15(10-8-14)25-16-5-1-2-6-17(16)26(23,24)19-13-4-3-11-18-12-13/h1-12,19H. The van der Waals surface area contributed by atoms with Crippen LogP contribution < -0.4 is 9.46 Å². The van der Waals surface area contributed by atoms with Gasteiger partial charge in [-0.3, -0.25) is 19.8 Å². The number of rotatable bonds is 6. The number of nitro groups is 1. The van der Waals surface area contributed by atoms with Crippen molar-refractivity contribution in [2.24, 2.45) is 0 Å². The van der Waals surface area contributed by atoms with Crippen molar-refractivity contribution in [2.75, 3.05) is 4.72 Å². The molecule has 3 aromatic rings. The molecule has 132 valence electrons. The number of anilines is 1. The Morgan fingerprint density at radius 2 is 1.73 bits per heavy atom. The van der Waals surface area contributed by atoms with E-state index in [9.17, 15) is 18.5 Å². The van der Waals surface area contributed by atoms with E-state index in [1.54, 1.807) is 24.3 Å². The van der Waals surface area contributed by atoms with Gasteiger partial charge in [0, 0.05) is 18.3 Å². The fraction of sp³-hybridized carbons (Fsp3) is 0. The highest BCUT2D eigenvalue weighted by atomic mass is 32.2. The fourth-order valence-corrected chi connectivity index (χ4v) is 3.33. The molecule has 0 aliphatic heterocycles. The van der Waals surface area contributed by atoms with Crippen LogP contribution in [0.25, 0.3) is 0 Å². The van der Waals surface area contributed by atoms with E-state index in [2.05, 4.69) is 9.71 Å². The molecule has 0 amide bonds. The number of para-hydroxylation sites is 1. The normalized spacial score (nSPS) is 10.9. The largest absolute Gasteiger partial charge is 0.456 e. The molecule has 0 fully saturated rings. The van der Waals surface area contributed by atoms with Gasteiger partial charge in [0.2, 0.25) is 0 Å². The van der Waals surface area contributed by atoms with E-state index < -0.39 is 14.9 Å². The molecule has 0 radical (unpaired) electrons. The van der Waals surface area contributed by atoms with Gasteiger partial charge in [-0.2, -0.15) is 0 Å². The van der Waals surface area contributed by atoms with Crippen molar-refractivity contribution in [3.8, 4) is 11.5 Å². The summed E-state index contributed by atoms with van der Waals surface area (Å²) in [5.41, 5.74) is 0.231. The number of aromatic nitrogens is 1. The lowest BCUT2D eigenvalue weighted by Crippen LogP contribution is -2.14. The van der Waals surface area contributed by atoms with Gasteiger partial charge >= 0.3 is 0 Å². The Bertz CT molecular complexity index is 1020. The van der Waals surface area contributed by atoms with Crippen LogP contribution in [-0.2, 0) is 10.0 Å². The zero-order valence-corrected chi connectivity index (χ0v) is 14.1. The number of pyridine rings is 1. The molecule has 1 N–H and O–H groups in total. The monoisotopic (exact) mass is 371 g/mol. The quantitative estimate of drug-likeness (QED) is 0.523. The highest BCUT2D eigenvalue weighted by molar-refractivity contribution is 7.92. The molecule has 8 nitrogen and oxygen atoms in total. The van der Waals surface area contributed by atoms with Gasteiger partial charge in [-0.25, -0.2) is 8.42 Å². The summed E-state index contributed by atoms with van der Waals surface area (Å²) in [7, 11) is -3.91. The lowest BCUT2D eigenvalue weighted by molar-refractivity contribution is -0.384. The first-order valence-corrected chi connectivity index (χ1v) is 8.88. The molecule has 0 atom stereocenters. The minimum Gasteiger partial charge on any atom is -0.456 e. The molecule has 0 saturated carbocycles. The number of nitrogens with zero attached hydrogens (tertiary/aromatic N) is 2. The highest BCUT2D eigenvalue weighted by Crippen LogP contribution is 2.30. The lowest BCUT2D eigenvalue weighted by Gasteiger charge is -2.13. The molecule has 0 saturated heterocycles. The van der Waals surface area contributed by atoms with E-state index >= 15 is 0 Å². The SMILES string of the molecule is O=[N+]([O-])c1ccc(Oc2ccccc2S(=O)(=O)Nc2cccnc2)cc1. The summed E-state index contributed by atoms with van der Waals surface area (Å²) in [5.74, 6) is 0.373. The molecule has 2 aromatic carbocycles. The molecular formula is C17H13N3O5S. The first-order valence-electron chi connectivity index (χ1n) is 7.40. The molecule has 26 heavy (non-hydrogen) atoms. The summed E-state index contributed by atoms with van der Waals surface area (Å²) >= 11 is 0. The van der Waals surface area contributed by atoms with Crippen LogP contribution in [0.1, 0.15) is 0 Å². The van der Waals surface area contributed by atoms with Gasteiger partial charge in [0.25, 0.3) is 15.7 Å². The number of hydrogen-bond donors (Lipinski definition) is 1. The topological polar surface area (TPSA) is 111 Å². The first-order chi connectivity index (χ1) is 12.5. The molecule has 0 aliphatic carbocycles. The van der Waals surface area contributed by atoms with Crippen molar-refractivity contribution in [3.05, 3.63) is 83.2 Å².